The van der Waals surface area contributed by atoms with E-state index in [4.69, 9.17) is 11.6 Å². The first kappa shape index (κ1) is 12.4. The topological polar surface area (TPSA) is 49.4 Å². The average Bonchev–Trinajstić information content (AvgIpc) is 3.08. The van der Waals surface area contributed by atoms with E-state index < -0.39 is 5.54 Å². The van der Waals surface area contributed by atoms with Gasteiger partial charge in [-0.1, -0.05) is 11.6 Å². The predicted molar refractivity (Wildman–Crippen MR) is 65.5 cm³/mol. The molecule has 2 amide bonds. The molecule has 2 aliphatic rings. The Kier molecular flexibility index (Phi) is 3.17. The van der Waals surface area contributed by atoms with E-state index in [2.05, 4.69) is 5.32 Å². The van der Waals surface area contributed by atoms with Gasteiger partial charge in [0.05, 0.1) is 6.54 Å². The third kappa shape index (κ3) is 2.32. The second-order valence-corrected chi connectivity index (χ2v) is 5.36. The van der Waals surface area contributed by atoms with Crippen molar-refractivity contribution in [1.29, 1.82) is 0 Å². The summed E-state index contributed by atoms with van der Waals surface area (Å²) in [6.45, 7) is 4.24. The molecule has 1 atom stereocenters. The molecule has 2 fully saturated rings. The van der Waals surface area contributed by atoms with E-state index in [0.29, 0.717) is 12.5 Å². The van der Waals surface area contributed by atoms with Crippen molar-refractivity contribution in [3.63, 3.8) is 0 Å². The highest BCUT2D eigenvalue weighted by Gasteiger charge is 2.52. The van der Waals surface area contributed by atoms with E-state index in [9.17, 15) is 9.59 Å². The second kappa shape index (κ2) is 4.33. The maximum atomic E-state index is 12.4. The monoisotopic (exact) mass is 256 g/mol. The number of carbonyl (C=O) groups is 2. The lowest BCUT2D eigenvalue weighted by Crippen LogP contribution is -2.66. The number of hydrogen-bond acceptors (Lipinski definition) is 2. The van der Waals surface area contributed by atoms with Crippen LogP contribution in [0.5, 0.6) is 0 Å². The Morgan fingerprint density at radius 2 is 2.24 bits per heavy atom. The lowest BCUT2D eigenvalue weighted by Gasteiger charge is -2.40. The SMILES string of the molecule is CC(=CCl)CN1CC(=O)NC(C)(C2CC2)C1=O. The van der Waals surface area contributed by atoms with E-state index >= 15 is 0 Å². The van der Waals surface area contributed by atoms with Crippen molar-refractivity contribution in [3.05, 3.63) is 11.1 Å². The van der Waals surface area contributed by atoms with E-state index in [-0.39, 0.29) is 18.4 Å². The van der Waals surface area contributed by atoms with Gasteiger partial charge in [0, 0.05) is 12.1 Å². The Bertz CT molecular complexity index is 390. The van der Waals surface area contributed by atoms with Gasteiger partial charge in [-0.3, -0.25) is 9.59 Å². The zero-order valence-electron chi connectivity index (χ0n) is 10.1. The van der Waals surface area contributed by atoms with Gasteiger partial charge in [0.25, 0.3) is 0 Å². The van der Waals surface area contributed by atoms with Gasteiger partial charge in [-0.15, -0.1) is 0 Å². The minimum Gasteiger partial charge on any atom is -0.340 e. The lowest BCUT2D eigenvalue weighted by atomic mass is 9.91. The van der Waals surface area contributed by atoms with Crippen molar-refractivity contribution in [2.24, 2.45) is 5.92 Å². The summed E-state index contributed by atoms with van der Waals surface area (Å²) in [6.07, 6.45) is 2.03. The van der Waals surface area contributed by atoms with Crippen LogP contribution in [0.3, 0.4) is 0 Å². The summed E-state index contributed by atoms with van der Waals surface area (Å²) < 4.78 is 0. The molecule has 4 nitrogen and oxygen atoms in total. The zero-order valence-corrected chi connectivity index (χ0v) is 10.9. The van der Waals surface area contributed by atoms with Crippen molar-refractivity contribution < 1.29 is 9.59 Å². The summed E-state index contributed by atoms with van der Waals surface area (Å²) in [5.41, 5.74) is 1.63. The number of carbonyl (C=O) groups excluding carboxylic acids is 2. The Hall–Kier alpha value is -1.03. The molecular weight excluding hydrogens is 240 g/mol. The molecule has 0 radical (unpaired) electrons. The summed E-state index contributed by atoms with van der Waals surface area (Å²) in [7, 11) is 0. The third-order valence-corrected chi connectivity index (χ3v) is 3.86. The standard InChI is InChI=1S/C12H17ClN2O2/c1-8(5-13)6-15-7-10(16)14-12(2,11(15)17)9-3-4-9/h5,9H,3-4,6-7H2,1-2H3,(H,14,16). The van der Waals surface area contributed by atoms with Crippen LogP contribution in [-0.2, 0) is 9.59 Å². The van der Waals surface area contributed by atoms with E-state index in [1.54, 1.807) is 4.90 Å². The molecule has 5 heteroatoms. The van der Waals surface area contributed by atoms with Crippen molar-refractivity contribution in [2.75, 3.05) is 13.1 Å². The summed E-state index contributed by atoms with van der Waals surface area (Å²) in [4.78, 5) is 25.6. The molecule has 1 aliphatic carbocycles. The molecule has 1 aliphatic heterocycles. The van der Waals surface area contributed by atoms with Crippen LogP contribution in [0.2, 0.25) is 0 Å². The van der Waals surface area contributed by atoms with E-state index in [0.717, 1.165) is 18.4 Å². The molecule has 1 N–H and O–H groups in total. The number of piperazine rings is 1. The Morgan fingerprint density at radius 1 is 1.59 bits per heavy atom. The summed E-state index contributed by atoms with van der Waals surface area (Å²) in [6, 6.07) is 0. The number of hydrogen-bond donors (Lipinski definition) is 1. The van der Waals surface area contributed by atoms with Gasteiger partial charge in [0.1, 0.15) is 5.54 Å². The molecule has 0 spiro atoms. The van der Waals surface area contributed by atoms with Crippen LogP contribution >= 0.6 is 11.6 Å². The molecule has 17 heavy (non-hydrogen) atoms. The normalized spacial score (nSPS) is 30.5. The smallest absolute Gasteiger partial charge is 0.249 e. The number of nitrogens with zero attached hydrogens (tertiary/aromatic N) is 1. The van der Waals surface area contributed by atoms with Gasteiger partial charge in [-0.25, -0.2) is 0 Å². The van der Waals surface area contributed by atoms with Crippen LogP contribution in [0, 0.1) is 5.92 Å². The van der Waals surface area contributed by atoms with Gasteiger partial charge in [-0.05, 0) is 38.2 Å². The van der Waals surface area contributed by atoms with Gasteiger partial charge >= 0.3 is 0 Å². The third-order valence-electron chi connectivity index (χ3n) is 3.49. The number of rotatable bonds is 3. The molecule has 0 aromatic heterocycles. The number of halogens is 1. The minimum atomic E-state index is -0.706. The Morgan fingerprint density at radius 3 is 2.76 bits per heavy atom. The molecule has 0 aromatic rings. The van der Waals surface area contributed by atoms with Crippen molar-refractivity contribution >= 4 is 23.4 Å². The highest BCUT2D eigenvalue weighted by molar-refractivity contribution is 6.25. The highest BCUT2D eigenvalue weighted by Crippen LogP contribution is 2.41. The molecule has 1 heterocycles. The fraction of sp³-hybridized carbons (Fsp3) is 0.667. The first-order chi connectivity index (χ1) is 7.97. The maximum absolute atomic E-state index is 12.4. The van der Waals surface area contributed by atoms with Gasteiger partial charge < -0.3 is 10.2 Å². The molecule has 94 valence electrons. The van der Waals surface area contributed by atoms with Crippen LogP contribution < -0.4 is 5.32 Å². The molecular formula is C12H17ClN2O2. The van der Waals surface area contributed by atoms with Crippen molar-refractivity contribution in [3.8, 4) is 0 Å². The highest BCUT2D eigenvalue weighted by atomic mass is 35.5. The summed E-state index contributed by atoms with van der Waals surface area (Å²) in [5.74, 6) is 0.223. The summed E-state index contributed by atoms with van der Waals surface area (Å²) in [5, 5.41) is 2.84. The van der Waals surface area contributed by atoms with Gasteiger partial charge in [0.2, 0.25) is 11.8 Å². The fourth-order valence-corrected chi connectivity index (χ4v) is 2.43. The number of nitrogens with one attached hydrogen (secondary N) is 1. The Balaban J connectivity index is 2.17. The molecule has 0 bridgehead atoms. The van der Waals surface area contributed by atoms with Gasteiger partial charge in [0.15, 0.2) is 0 Å². The first-order valence-corrected chi connectivity index (χ1v) is 6.27. The zero-order chi connectivity index (χ0) is 12.6. The van der Waals surface area contributed by atoms with Crippen LogP contribution in [-0.4, -0.2) is 35.3 Å². The van der Waals surface area contributed by atoms with Crippen molar-refractivity contribution in [1.82, 2.24) is 10.2 Å². The number of amides is 2. The molecule has 1 saturated heterocycles. The quantitative estimate of drug-likeness (QED) is 0.826. The average molecular weight is 257 g/mol. The van der Waals surface area contributed by atoms with Crippen LogP contribution in [0.15, 0.2) is 11.1 Å². The lowest BCUT2D eigenvalue weighted by molar-refractivity contribution is -0.149. The summed E-state index contributed by atoms with van der Waals surface area (Å²) >= 11 is 5.60. The fourth-order valence-electron chi connectivity index (χ4n) is 2.36. The van der Waals surface area contributed by atoms with Crippen molar-refractivity contribution in [2.45, 2.75) is 32.2 Å². The van der Waals surface area contributed by atoms with Gasteiger partial charge in [-0.2, -0.15) is 0 Å². The molecule has 0 aromatic carbocycles. The second-order valence-electron chi connectivity index (χ2n) is 5.14. The van der Waals surface area contributed by atoms with E-state index in [1.807, 2.05) is 13.8 Å². The van der Waals surface area contributed by atoms with Crippen LogP contribution in [0.25, 0.3) is 0 Å². The van der Waals surface area contributed by atoms with Crippen LogP contribution in [0.1, 0.15) is 26.7 Å². The minimum absolute atomic E-state index is 0.0115. The Labute approximate surface area is 106 Å². The first-order valence-electron chi connectivity index (χ1n) is 5.83. The maximum Gasteiger partial charge on any atom is 0.249 e. The molecule has 2 rings (SSSR count). The van der Waals surface area contributed by atoms with Crippen LogP contribution in [0.4, 0.5) is 0 Å². The predicted octanol–water partition coefficient (Wildman–Crippen LogP) is 1.26. The molecule has 1 saturated carbocycles. The molecule has 1 unspecified atom stereocenters. The largest absolute Gasteiger partial charge is 0.340 e. The van der Waals surface area contributed by atoms with E-state index in [1.165, 1.54) is 5.54 Å².